The van der Waals surface area contributed by atoms with Gasteiger partial charge in [-0.15, -0.1) is 0 Å². The third-order valence-corrected chi connectivity index (χ3v) is 5.81. The zero-order valence-electron chi connectivity index (χ0n) is 12.9. The molecule has 2 fully saturated rings. The molecule has 0 aliphatic heterocycles. The van der Waals surface area contributed by atoms with Gasteiger partial charge in [-0.2, -0.15) is 0 Å². The summed E-state index contributed by atoms with van der Waals surface area (Å²) in [5.74, 6) is 4.12. The van der Waals surface area contributed by atoms with Crippen LogP contribution in [0.1, 0.15) is 78.1 Å². The van der Waals surface area contributed by atoms with Crippen LogP contribution in [0.25, 0.3) is 0 Å². The lowest BCUT2D eigenvalue weighted by atomic mass is 9.73. The number of hydrogen-bond donors (Lipinski definition) is 0. The van der Waals surface area contributed by atoms with E-state index in [1.54, 1.807) is 0 Å². The summed E-state index contributed by atoms with van der Waals surface area (Å²) in [5.41, 5.74) is 0. The predicted octanol–water partition coefficient (Wildman–Crippen LogP) is 5.23. The molecule has 0 amide bonds. The first-order chi connectivity index (χ1) is 9.19. The van der Waals surface area contributed by atoms with Gasteiger partial charge >= 0.3 is 0 Å². The molecule has 5 atom stereocenters. The van der Waals surface area contributed by atoms with Crippen LogP contribution in [-0.2, 0) is 4.79 Å². The Balaban J connectivity index is 1.64. The summed E-state index contributed by atoms with van der Waals surface area (Å²) >= 11 is 0. The van der Waals surface area contributed by atoms with E-state index in [-0.39, 0.29) is 0 Å². The Morgan fingerprint density at radius 3 is 2.58 bits per heavy atom. The Hall–Kier alpha value is -0.330. The fraction of sp³-hybridized carbons (Fsp3) is 0.944. The standard InChI is InChI=1S/C18H32O/c1-14-9-10-18(15(2)11-14)8-4-6-16-5-3-7-17(12-16)13-19/h13-18H,3-12H2,1-2H3. The largest absolute Gasteiger partial charge is 0.303 e. The molecule has 0 bridgehead atoms. The van der Waals surface area contributed by atoms with E-state index in [4.69, 9.17) is 0 Å². The van der Waals surface area contributed by atoms with E-state index in [9.17, 15) is 4.79 Å². The molecule has 1 heteroatoms. The summed E-state index contributed by atoms with van der Waals surface area (Å²) < 4.78 is 0. The summed E-state index contributed by atoms with van der Waals surface area (Å²) in [6.45, 7) is 4.87. The van der Waals surface area contributed by atoms with Crippen LogP contribution in [0.15, 0.2) is 0 Å². The third kappa shape index (κ3) is 4.61. The number of carbonyl (C=O) groups excluding carboxylic acids is 1. The molecule has 5 unspecified atom stereocenters. The van der Waals surface area contributed by atoms with Gasteiger partial charge in [-0.1, -0.05) is 52.4 Å². The van der Waals surface area contributed by atoms with Crippen molar-refractivity contribution >= 4 is 6.29 Å². The molecular formula is C18H32O. The van der Waals surface area contributed by atoms with Crippen LogP contribution in [0.3, 0.4) is 0 Å². The Kier molecular flexibility index (Phi) is 5.91. The average molecular weight is 264 g/mol. The van der Waals surface area contributed by atoms with Crippen molar-refractivity contribution in [3.63, 3.8) is 0 Å². The molecular weight excluding hydrogens is 232 g/mol. The summed E-state index contributed by atoms with van der Waals surface area (Å²) in [4.78, 5) is 10.9. The number of rotatable bonds is 5. The maximum atomic E-state index is 10.9. The molecule has 2 rings (SSSR count). The van der Waals surface area contributed by atoms with Crippen molar-refractivity contribution in [3.05, 3.63) is 0 Å². The fourth-order valence-corrected chi connectivity index (χ4v) is 4.54. The normalized spacial score (nSPS) is 40.0. The van der Waals surface area contributed by atoms with Crippen molar-refractivity contribution in [2.24, 2.45) is 29.6 Å². The molecule has 0 aromatic carbocycles. The highest BCUT2D eigenvalue weighted by molar-refractivity contribution is 5.53. The van der Waals surface area contributed by atoms with Crippen LogP contribution in [0, 0.1) is 29.6 Å². The van der Waals surface area contributed by atoms with E-state index >= 15 is 0 Å². The average Bonchev–Trinajstić information content (AvgIpc) is 2.41. The molecule has 0 saturated heterocycles. The van der Waals surface area contributed by atoms with Gasteiger partial charge in [-0.25, -0.2) is 0 Å². The van der Waals surface area contributed by atoms with Gasteiger partial charge in [0.1, 0.15) is 6.29 Å². The Bertz CT molecular complexity index is 273. The second kappa shape index (κ2) is 7.45. The molecule has 2 saturated carbocycles. The Morgan fingerprint density at radius 2 is 1.84 bits per heavy atom. The molecule has 0 radical (unpaired) electrons. The van der Waals surface area contributed by atoms with Gasteiger partial charge in [-0.3, -0.25) is 0 Å². The predicted molar refractivity (Wildman–Crippen MR) is 81.0 cm³/mol. The van der Waals surface area contributed by atoms with Crippen molar-refractivity contribution in [1.82, 2.24) is 0 Å². The minimum Gasteiger partial charge on any atom is -0.303 e. The van der Waals surface area contributed by atoms with Gasteiger partial charge in [0.15, 0.2) is 0 Å². The second-order valence-corrected chi connectivity index (χ2v) is 7.52. The Morgan fingerprint density at radius 1 is 1.00 bits per heavy atom. The molecule has 0 aromatic heterocycles. The molecule has 0 spiro atoms. The molecule has 0 aromatic rings. The van der Waals surface area contributed by atoms with Gasteiger partial charge in [0, 0.05) is 5.92 Å². The van der Waals surface area contributed by atoms with E-state index in [2.05, 4.69) is 13.8 Å². The first kappa shape index (κ1) is 15.1. The zero-order valence-corrected chi connectivity index (χ0v) is 12.9. The lowest BCUT2D eigenvalue weighted by Crippen LogP contribution is -2.22. The van der Waals surface area contributed by atoms with Gasteiger partial charge in [-0.05, 0) is 49.4 Å². The van der Waals surface area contributed by atoms with E-state index < -0.39 is 0 Å². The molecule has 0 heterocycles. The van der Waals surface area contributed by atoms with Crippen molar-refractivity contribution in [2.75, 3.05) is 0 Å². The maximum Gasteiger partial charge on any atom is 0.123 e. The SMILES string of the molecule is CC1CCC(CCCC2CCCC(C=O)C2)C(C)C1. The minimum absolute atomic E-state index is 0.383. The van der Waals surface area contributed by atoms with E-state index in [1.807, 2.05) is 0 Å². The summed E-state index contributed by atoms with van der Waals surface area (Å²) in [6.07, 6.45) is 14.8. The van der Waals surface area contributed by atoms with Gasteiger partial charge in [0.2, 0.25) is 0 Å². The van der Waals surface area contributed by atoms with Crippen LogP contribution < -0.4 is 0 Å². The summed E-state index contributed by atoms with van der Waals surface area (Å²) in [5, 5.41) is 0. The topological polar surface area (TPSA) is 17.1 Å². The highest BCUT2D eigenvalue weighted by atomic mass is 16.1. The van der Waals surface area contributed by atoms with Crippen LogP contribution in [-0.4, -0.2) is 6.29 Å². The maximum absolute atomic E-state index is 10.9. The Labute approximate surface area is 119 Å². The lowest BCUT2D eigenvalue weighted by Gasteiger charge is -2.33. The molecule has 2 aliphatic rings. The summed E-state index contributed by atoms with van der Waals surface area (Å²) in [6, 6.07) is 0. The van der Waals surface area contributed by atoms with Crippen molar-refractivity contribution in [1.29, 1.82) is 0 Å². The first-order valence-corrected chi connectivity index (χ1v) is 8.64. The molecule has 110 valence electrons. The fourth-order valence-electron chi connectivity index (χ4n) is 4.54. The van der Waals surface area contributed by atoms with Gasteiger partial charge < -0.3 is 4.79 Å². The monoisotopic (exact) mass is 264 g/mol. The van der Waals surface area contributed by atoms with Crippen molar-refractivity contribution in [3.8, 4) is 0 Å². The number of aldehydes is 1. The van der Waals surface area contributed by atoms with E-state index in [1.165, 1.54) is 64.1 Å². The minimum atomic E-state index is 0.383. The van der Waals surface area contributed by atoms with Gasteiger partial charge in [0.05, 0.1) is 0 Å². The molecule has 19 heavy (non-hydrogen) atoms. The van der Waals surface area contributed by atoms with E-state index in [0.29, 0.717) is 5.92 Å². The van der Waals surface area contributed by atoms with Crippen molar-refractivity contribution in [2.45, 2.75) is 78.1 Å². The first-order valence-electron chi connectivity index (χ1n) is 8.64. The quantitative estimate of drug-likeness (QED) is 0.621. The molecule has 1 nitrogen and oxygen atoms in total. The summed E-state index contributed by atoms with van der Waals surface area (Å²) in [7, 11) is 0. The van der Waals surface area contributed by atoms with Crippen LogP contribution >= 0.6 is 0 Å². The van der Waals surface area contributed by atoms with Crippen LogP contribution in [0.2, 0.25) is 0 Å². The van der Waals surface area contributed by atoms with Gasteiger partial charge in [0.25, 0.3) is 0 Å². The van der Waals surface area contributed by atoms with E-state index in [0.717, 1.165) is 30.1 Å². The lowest BCUT2D eigenvalue weighted by molar-refractivity contribution is -0.112. The third-order valence-electron chi connectivity index (χ3n) is 5.81. The highest BCUT2D eigenvalue weighted by Crippen LogP contribution is 2.37. The second-order valence-electron chi connectivity index (χ2n) is 7.52. The zero-order chi connectivity index (χ0) is 13.7. The van der Waals surface area contributed by atoms with Crippen LogP contribution in [0.5, 0.6) is 0 Å². The van der Waals surface area contributed by atoms with Crippen LogP contribution in [0.4, 0.5) is 0 Å². The highest BCUT2D eigenvalue weighted by Gasteiger charge is 2.26. The smallest absolute Gasteiger partial charge is 0.123 e. The van der Waals surface area contributed by atoms with Crippen molar-refractivity contribution < 1.29 is 4.79 Å². The molecule has 2 aliphatic carbocycles. The number of hydrogen-bond acceptors (Lipinski definition) is 1. The molecule has 0 N–H and O–H groups in total. The number of carbonyl (C=O) groups is 1.